The van der Waals surface area contributed by atoms with E-state index in [9.17, 15) is 12.8 Å². The van der Waals surface area contributed by atoms with Crippen LogP contribution in [0.1, 0.15) is 13.8 Å². The maximum absolute atomic E-state index is 13.8. The number of benzene rings is 1. The number of hydrogen-bond acceptors (Lipinski definition) is 4. The lowest BCUT2D eigenvalue weighted by Gasteiger charge is -2.25. The predicted octanol–water partition coefficient (Wildman–Crippen LogP) is 1.27. The normalized spacial score (nSPS) is 13.9. The van der Waals surface area contributed by atoms with E-state index in [4.69, 9.17) is 5.73 Å². The molecule has 1 unspecified atom stereocenters. The average molecular weight is 303 g/mol. The van der Waals surface area contributed by atoms with Crippen molar-refractivity contribution in [2.45, 2.75) is 24.8 Å². The first-order valence-electron chi connectivity index (χ1n) is 6.36. The van der Waals surface area contributed by atoms with Crippen molar-refractivity contribution in [2.75, 3.05) is 26.4 Å². The van der Waals surface area contributed by atoms with Gasteiger partial charge in [0.1, 0.15) is 10.7 Å². The van der Waals surface area contributed by atoms with Gasteiger partial charge in [-0.05, 0) is 32.1 Å². The van der Waals surface area contributed by atoms with Gasteiger partial charge in [0.25, 0.3) is 0 Å². The highest BCUT2D eigenvalue weighted by Gasteiger charge is 2.27. The molecule has 0 saturated heterocycles. The molecule has 1 aromatic carbocycles. The first-order valence-corrected chi connectivity index (χ1v) is 7.84. The second-order valence-corrected chi connectivity index (χ2v) is 7.04. The number of rotatable bonds is 6. The number of sulfonamides is 1. The first-order chi connectivity index (χ1) is 9.15. The van der Waals surface area contributed by atoms with E-state index in [1.807, 2.05) is 32.8 Å². The van der Waals surface area contributed by atoms with Gasteiger partial charge < -0.3 is 10.6 Å². The lowest BCUT2D eigenvalue weighted by atomic mass is 10.1. The van der Waals surface area contributed by atoms with Gasteiger partial charge in [-0.3, -0.25) is 0 Å². The van der Waals surface area contributed by atoms with Gasteiger partial charge >= 0.3 is 0 Å². The van der Waals surface area contributed by atoms with Crippen LogP contribution in [0.3, 0.4) is 0 Å². The number of nitrogen functional groups attached to an aromatic ring is 1. The molecule has 3 N–H and O–H groups in total. The van der Waals surface area contributed by atoms with E-state index in [0.717, 1.165) is 6.07 Å². The molecule has 0 aliphatic heterocycles. The monoisotopic (exact) mass is 303 g/mol. The number of anilines is 1. The van der Waals surface area contributed by atoms with Crippen LogP contribution >= 0.6 is 0 Å². The lowest BCUT2D eigenvalue weighted by molar-refractivity contribution is 0.314. The van der Waals surface area contributed by atoms with Gasteiger partial charge in [-0.2, -0.15) is 0 Å². The number of nitrogens with zero attached hydrogens (tertiary/aromatic N) is 1. The van der Waals surface area contributed by atoms with Gasteiger partial charge in [-0.25, -0.2) is 17.5 Å². The third kappa shape index (κ3) is 4.16. The van der Waals surface area contributed by atoms with Crippen molar-refractivity contribution < 1.29 is 12.8 Å². The minimum atomic E-state index is -3.99. The maximum Gasteiger partial charge on any atom is 0.245 e. The zero-order chi connectivity index (χ0) is 15.5. The molecule has 0 aromatic heterocycles. The van der Waals surface area contributed by atoms with Crippen molar-refractivity contribution in [2.24, 2.45) is 5.92 Å². The summed E-state index contributed by atoms with van der Waals surface area (Å²) in [4.78, 5) is 1.39. The Bertz CT molecular complexity index is 538. The molecule has 0 heterocycles. The molecule has 0 spiro atoms. The quantitative estimate of drug-likeness (QED) is 0.776. The standard InChI is InChI=1S/C13H22FN3O2S/c1-9(2)12(8-17(3)4)16-20(18,19)13-10(14)6-5-7-11(13)15/h5-7,9,12,16H,8,15H2,1-4H3. The Labute approximate surface area is 120 Å². The molecule has 114 valence electrons. The molecule has 0 radical (unpaired) electrons. The summed E-state index contributed by atoms with van der Waals surface area (Å²) >= 11 is 0. The summed E-state index contributed by atoms with van der Waals surface area (Å²) in [5, 5.41) is 0. The lowest BCUT2D eigenvalue weighted by Crippen LogP contribution is -2.45. The van der Waals surface area contributed by atoms with Crippen molar-refractivity contribution in [3.05, 3.63) is 24.0 Å². The Morgan fingerprint density at radius 2 is 1.95 bits per heavy atom. The van der Waals surface area contributed by atoms with E-state index in [0.29, 0.717) is 6.54 Å². The molecule has 1 rings (SSSR count). The maximum atomic E-state index is 13.8. The molecule has 7 heteroatoms. The fourth-order valence-corrected chi connectivity index (χ4v) is 3.41. The number of likely N-dealkylation sites (N-methyl/N-ethyl adjacent to an activating group) is 1. The number of nitrogens with two attached hydrogens (primary N) is 1. The van der Waals surface area contributed by atoms with Crippen molar-refractivity contribution in [1.29, 1.82) is 0 Å². The van der Waals surface area contributed by atoms with Gasteiger partial charge in [-0.15, -0.1) is 0 Å². The highest BCUT2D eigenvalue weighted by molar-refractivity contribution is 7.89. The first kappa shape index (κ1) is 16.9. The Kier molecular flexibility index (Phi) is 5.50. The van der Waals surface area contributed by atoms with E-state index in [-0.39, 0.29) is 17.6 Å². The largest absolute Gasteiger partial charge is 0.398 e. The summed E-state index contributed by atoms with van der Waals surface area (Å²) < 4.78 is 40.9. The Balaban J connectivity index is 3.10. The highest BCUT2D eigenvalue weighted by atomic mass is 32.2. The molecule has 0 bridgehead atoms. The van der Waals surface area contributed by atoms with Crippen molar-refractivity contribution in [3.8, 4) is 0 Å². The van der Waals surface area contributed by atoms with Gasteiger partial charge in [0, 0.05) is 12.6 Å². The van der Waals surface area contributed by atoms with E-state index in [1.54, 1.807) is 0 Å². The van der Waals surface area contributed by atoms with Gasteiger partial charge in [0.15, 0.2) is 0 Å². The molecule has 0 aliphatic carbocycles. The smallest absolute Gasteiger partial charge is 0.245 e. The van der Waals surface area contributed by atoms with Gasteiger partial charge in [-0.1, -0.05) is 19.9 Å². The summed E-state index contributed by atoms with van der Waals surface area (Å²) in [7, 11) is -0.291. The van der Waals surface area contributed by atoms with E-state index < -0.39 is 20.7 Å². The Hall–Kier alpha value is -1.18. The molecule has 0 fully saturated rings. The average Bonchev–Trinajstić information content (AvgIpc) is 2.26. The molecule has 1 aromatic rings. The fraction of sp³-hybridized carbons (Fsp3) is 0.538. The molecule has 0 amide bonds. The number of halogens is 1. The SMILES string of the molecule is CC(C)C(CN(C)C)NS(=O)(=O)c1c(N)cccc1F. The summed E-state index contributed by atoms with van der Waals surface area (Å²) in [6.07, 6.45) is 0. The highest BCUT2D eigenvalue weighted by Crippen LogP contribution is 2.22. The van der Waals surface area contributed by atoms with Crippen molar-refractivity contribution in [3.63, 3.8) is 0 Å². The molecule has 20 heavy (non-hydrogen) atoms. The van der Waals surface area contributed by atoms with Crippen molar-refractivity contribution >= 4 is 15.7 Å². The van der Waals surface area contributed by atoms with Crippen LogP contribution in [0.5, 0.6) is 0 Å². The summed E-state index contributed by atoms with van der Waals surface area (Å²) in [6.45, 7) is 4.33. The predicted molar refractivity (Wildman–Crippen MR) is 78.3 cm³/mol. The summed E-state index contributed by atoms with van der Waals surface area (Å²) in [5.74, 6) is -0.773. The second kappa shape index (κ2) is 6.51. The number of hydrogen-bond donors (Lipinski definition) is 2. The van der Waals surface area contributed by atoms with E-state index in [1.165, 1.54) is 12.1 Å². The van der Waals surface area contributed by atoms with Crippen molar-refractivity contribution in [1.82, 2.24) is 9.62 Å². The van der Waals surface area contributed by atoms with Crippen LogP contribution in [-0.2, 0) is 10.0 Å². The zero-order valence-corrected chi connectivity index (χ0v) is 13.0. The van der Waals surface area contributed by atoms with Crippen LogP contribution in [0.4, 0.5) is 10.1 Å². The molecule has 1 atom stereocenters. The minimum absolute atomic E-state index is 0.0696. The minimum Gasteiger partial charge on any atom is -0.398 e. The third-order valence-electron chi connectivity index (χ3n) is 2.94. The van der Waals surface area contributed by atoms with Crippen LogP contribution in [0, 0.1) is 11.7 Å². The van der Waals surface area contributed by atoms with Crippen LogP contribution in [0.2, 0.25) is 0 Å². The Morgan fingerprint density at radius 3 is 2.40 bits per heavy atom. The molecule has 5 nitrogen and oxygen atoms in total. The zero-order valence-electron chi connectivity index (χ0n) is 12.2. The molecular formula is C13H22FN3O2S. The van der Waals surface area contributed by atoms with Crippen LogP contribution in [0.15, 0.2) is 23.1 Å². The second-order valence-electron chi connectivity index (χ2n) is 5.39. The topological polar surface area (TPSA) is 75.4 Å². The summed E-state index contributed by atoms with van der Waals surface area (Å²) in [6, 6.07) is 3.51. The summed E-state index contributed by atoms with van der Waals surface area (Å²) in [5.41, 5.74) is 5.50. The van der Waals surface area contributed by atoms with E-state index >= 15 is 0 Å². The molecule has 0 saturated carbocycles. The van der Waals surface area contributed by atoms with Crippen LogP contribution < -0.4 is 10.5 Å². The Morgan fingerprint density at radius 1 is 1.35 bits per heavy atom. The van der Waals surface area contributed by atoms with Gasteiger partial charge in [0.2, 0.25) is 10.0 Å². The van der Waals surface area contributed by atoms with Crippen LogP contribution in [0.25, 0.3) is 0 Å². The van der Waals surface area contributed by atoms with Gasteiger partial charge in [0.05, 0.1) is 5.69 Å². The number of nitrogens with one attached hydrogen (secondary N) is 1. The third-order valence-corrected chi connectivity index (χ3v) is 4.52. The molecule has 0 aliphatic rings. The van der Waals surface area contributed by atoms with Crippen LogP contribution in [-0.4, -0.2) is 40.0 Å². The fourth-order valence-electron chi connectivity index (χ4n) is 1.84. The molecular weight excluding hydrogens is 281 g/mol. The van der Waals surface area contributed by atoms with E-state index in [2.05, 4.69) is 4.72 Å².